The highest BCUT2D eigenvalue weighted by Crippen LogP contribution is 2.38. The first-order chi connectivity index (χ1) is 20.2. The molecular weight excluding hydrogens is 585 g/mol. The standard InChI is InChI=1S/C30H35F7N2O4/c1-19-13-23(31)6-7-25(19)26-17-24(41-11-12-43-27-5-3-4-10-42-27)8-9-39(26)28(40)38(2)18-20-14-21(29(32,33)34)16-22(15-20)30(35,36)37/h6-7,13-16,24,26-27H,3-5,8-12,17-18H2,1-2H3/t24-,26+,27?/m0/s1. The summed E-state index contributed by atoms with van der Waals surface area (Å²) in [6.07, 6.45) is -6.88. The first-order valence-electron chi connectivity index (χ1n) is 14.1. The van der Waals surface area contributed by atoms with Gasteiger partial charge in [0.05, 0.1) is 36.5 Å². The van der Waals surface area contributed by atoms with Crippen LogP contribution in [0.2, 0.25) is 0 Å². The first-order valence-corrected chi connectivity index (χ1v) is 14.1. The number of ether oxygens (including phenoxy) is 3. The van der Waals surface area contributed by atoms with E-state index < -0.39 is 47.9 Å². The lowest BCUT2D eigenvalue weighted by molar-refractivity contribution is -0.172. The quantitative estimate of drug-likeness (QED) is 0.227. The second kappa shape index (κ2) is 13.8. The van der Waals surface area contributed by atoms with Crippen LogP contribution in [0, 0.1) is 12.7 Å². The molecule has 2 heterocycles. The zero-order valence-corrected chi connectivity index (χ0v) is 23.9. The molecule has 0 bridgehead atoms. The molecule has 3 atom stereocenters. The van der Waals surface area contributed by atoms with Crippen LogP contribution in [0.1, 0.15) is 66.0 Å². The van der Waals surface area contributed by atoms with Crippen molar-refractivity contribution in [3.63, 3.8) is 0 Å². The third-order valence-electron chi connectivity index (χ3n) is 7.66. The van der Waals surface area contributed by atoms with Crippen molar-refractivity contribution < 1.29 is 49.7 Å². The number of urea groups is 1. The molecule has 2 aliphatic rings. The third kappa shape index (κ3) is 8.82. The number of likely N-dealkylation sites (tertiary alicyclic amines) is 1. The van der Waals surface area contributed by atoms with E-state index in [0.29, 0.717) is 55.9 Å². The first kappa shape index (κ1) is 33.0. The van der Waals surface area contributed by atoms with Gasteiger partial charge in [-0.2, -0.15) is 26.3 Å². The Morgan fingerprint density at radius 1 is 0.977 bits per heavy atom. The van der Waals surface area contributed by atoms with Gasteiger partial charge in [0, 0.05) is 26.7 Å². The molecule has 0 saturated carbocycles. The van der Waals surface area contributed by atoms with Crippen molar-refractivity contribution in [2.24, 2.45) is 0 Å². The number of rotatable bonds is 8. The van der Waals surface area contributed by atoms with Gasteiger partial charge < -0.3 is 24.0 Å². The Balaban J connectivity index is 1.48. The fourth-order valence-corrected chi connectivity index (χ4v) is 5.53. The van der Waals surface area contributed by atoms with Crippen molar-refractivity contribution in [2.45, 2.75) is 76.4 Å². The van der Waals surface area contributed by atoms with Gasteiger partial charge in [-0.25, -0.2) is 9.18 Å². The number of halogens is 7. The monoisotopic (exact) mass is 620 g/mol. The molecule has 2 aromatic carbocycles. The number of piperidine rings is 1. The third-order valence-corrected chi connectivity index (χ3v) is 7.66. The Morgan fingerprint density at radius 3 is 2.26 bits per heavy atom. The summed E-state index contributed by atoms with van der Waals surface area (Å²) < 4.78 is 111. The fourth-order valence-electron chi connectivity index (χ4n) is 5.53. The molecule has 6 nitrogen and oxygen atoms in total. The van der Waals surface area contributed by atoms with Gasteiger partial charge in [0.25, 0.3) is 0 Å². The summed E-state index contributed by atoms with van der Waals surface area (Å²) in [4.78, 5) is 16.2. The topological polar surface area (TPSA) is 51.2 Å². The van der Waals surface area contributed by atoms with Crippen molar-refractivity contribution in [1.82, 2.24) is 9.80 Å². The number of amides is 2. The normalized spacial score (nSPS) is 21.6. The molecule has 1 unspecified atom stereocenters. The van der Waals surface area contributed by atoms with Gasteiger partial charge in [0.2, 0.25) is 0 Å². The van der Waals surface area contributed by atoms with E-state index in [1.54, 1.807) is 13.0 Å². The van der Waals surface area contributed by atoms with Crippen LogP contribution < -0.4 is 0 Å². The van der Waals surface area contributed by atoms with Crippen molar-refractivity contribution in [1.29, 1.82) is 0 Å². The highest BCUT2D eigenvalue weighted by atomic mass is 19.4. The van der Waals surface area contributed by atoms with Crippen LogP contribution in [0.3, 0.4) is 0 Å². The average Bonchev–Trinajstić information content (AvgIpc) is 2.94. The summed E-state index contributed by atoms with van der Waals surface area (Å²) >= 11 is 0. The minimum Gasteiger partial charge on any atom is -0.376 e. The molecule has 0 radical (unpaired) electrons. The molecule has 43 heavy (non-hydrogen) atoms. The summed E-state index contributed by atoms with van der Waals surface area (Å²) in [7, 11) is 1.32. The molecule has 238 valence electrons. The number of nitrogens with zero attached hydrogens (tertiary/aromatic N) is 2. The van der Waals surface area contributed by atoms with Gasteiger partial charge in [-0.15, -0.1) is 0 Å². The lowest BCUT2D eigenvalue weighted by Gasteiger charge is -2.42. The molecule has 0 spiro atoms. The number of benzene rings is 2. The number of aryl methyl sites for hydroxylation is 1. The van der Waals surface area contributed by atoms with Crippen LogP contribution in [0.15, 0.2) is 36.4 Å². The van der Waals surface area contributed by atoms with Gasteiger partial charge in [-0.3, -0.25) is 0 Å². The van der Waals surface area contributed by atoms with Gasteiger partial charge >= 0.3 is 18.4 Å². The van der Waals surface area contributed by atoms with E-state index in [4.69, 9.17) is 14.2 Å². The second-order valence-corrected chi connectivity index (χ2v) is 10.9. The molecule has 2 saturated heterocycles. The lowest BCUT2D eigenvalue weighted by Crippen LogP contribution is -2.48. The van der Waals surface area contributed by atoms with Crippen molar-refractivity contribution in [3.05, 3.63) is 70.0 Å². The molecule has 13 heteroatoms. The van der Waals surface area contributed by atoms with Crippen molar-refractivity contribution in [2.75, 3.05) is 33.4 Å². The summed E-state index contributed by atoms with van der Waals surface area (Å²) in [5.74, 6) is -0.452. The molecule has 2 amide bonds. The number of hydrogen-bond donors (Lipinski definition) is 0. The molecule has 0 aliphatic carbocycles. The van der Waals surface area contributed by atoms with E-state index in [9.17, 15) is 35.5 Å². The van der Waals surface area contributed by atoms with Crippen LogP contribution in [0.25, 0.3) is 0 Å². The maximum absolute atomic E-state index is 13.9. The second-order valence-electron chi connectivity index (χ2n) is 10.9. The highest BCUT2D eigenvalue weighted by molar-refractivity contribution is 5.75. The minimum absolute atomic E-state index is 0.0522. The number of hydrogen-bond acceptors (Lipinski definition) is 4. The maximum Gasteiger partial charge on any atom is 0.416 e. The van der Waals surface area contributed by atoms with Crippen molar-refractivity contribution in [3.8, 4) is 0 Å². The predicted molar refractivity (Wildman–Crippen MR) is 142 cm³/mol. The van der Waals surface area contributed by atoms with E-state index in [2.05, 4.69) is 0 Å². The summed E-state index contributed by atoms with van der Waals surface area (Å²) in [5, 5.41) is 0. The summed E-state index contributed by atoms with van der Waals surface area (Å²) in [6.45, 7) is 2.70. The van der Waals surface area contributed by atoms with E-state index in [1.807, 2.05) is 0 Å². The zero-order valence-electron chi connectivity index (χ0n) is 23.9. The van der Waals surface area contributed by atoms with E-state index in [1.165, 1.54) is 24.1 Å². The Hall–Kier alpha value is -2.90. The molecule has 0 aromatic heterocycles. The van der Waals surface area contributed by atoms with Crippen LogP contribution in [0.4, 0.5) is 35.5 Å². The van der Waals surface area contributed by atoms with E-state index in [0.717, 1.165) is 24.2 Å². The van der Waals surface area contributed by atoms with Gasteiger partial charge in [-0.1, -0.05) is 6.07 Å². The number of carbonyl (C=O) groups excluding carboxylic acids is 1. The average molecular weight is 621 g/mol. The predicted octanol–water partition coefficient (Wildman–Crippen LogP) is 7.49. The summed E-state index contributed by atoms with van der Waals surface area (Å²) in [5.41, 5.74) is -1.95. The number of carbonyl (C=O) groups is 1. The van der Waals surface area contributed by atoms with Crippen LogP contribution in [0.5, 0.6) is 0 Å². The Bertz CT molecular complexity index is 1220. The molecule has 2 fully saturated rings. The van der Waals surface area contributed by atoms with E-state index >= 15 is 0 Å². The number of alkyl halides is 6. The Kier molecular flexibility index (Phi) is 10.6. The lowest BCUT2D eigenvalue weighted by atomic mass is 9.90. The Morgan fingerprint density at radius 2 is 1.65 bits per heavy atom. The van der Waals surface area contributed by atoms with Gasteiger partial charge in [0.1, 0.15) is 5.82 Å². The van der Waals surface area contributed by atoms with Crippen LogP contribution in [-0.2, 0) is 33.1 Å². The summed E-state index contributed by atoms with van der Waals surface area (Å²) in [6, 6.07) is 4.31. The maximum atomic E-state index is 13.9. The van der Waals surface area contributed by atoms with Gasteiger partial charge in [0.15, 0.2) is 6.29 Å². The molecular formula is C30H35F7N2O4. The SMILES string of the molecule is Cc1cc(F)ccc1[C@H]1C[C@@H](OCCOC2CCCCO2)CCN1C(=O)N(C)Cc1cc(C(F)(F)F)cc(C(F)(F)F)c1. The minimum atomic E-state index is -5.00. The highest BCUT2D eigenvalue weighted by Gasteiger charge is 2.38. The van der Waals surface area contributed by atoms with E-state index in [-0.39, 0.29) is 30.6 Å². The molecule has 2 aliphatic heterocycles. The Labute approximate surface area is 245 Å². The smallest absolute Gasteiger partial charge is 0.376 e. The van der Waals surface area contributed by atoms with Crippen molar-refractivity contribution >= 4 is 6.03 Å². The largest absolute Gasteiger partial charge is 0.416 e. The fraction of sp³-hybridized carbons (Fsp3) is 0.567. The van der Waals surface area contributed by atoms with Crippen LogP contribution in [-0.4, -0.2) is 61.6 Å². The molecule has 2 aromatic rings. The van der Waals surface area contributed by atoms with Gasteiger partial charge in [-0.05, 0) is 86.1 Å². The zero-order chi connectivity index (χ0) is 31.4. The molecule has 0 N–H and O–H groups in total. The molecule has 4 rings (SSSR count). The van der Waals surface area contributed by atoms with Crippen LogP contribution >= 0.6 is 0 Å².